The van der Waals surface area contributed by atoms with Crippen molar-refractivity contribution in [3.05, 3.63) is 35.4 Å². The molecule has 1 saturated heterocycles. The van der Waals surface area contributed by atoms with Crippen LogP contribution in [-0.4, -0.2) is 58.8 Å². The van der Waals surface area contributed by atoms with Gasteiger partial charge in [-0.05, 0) is 52.3 Å². The quantitative estimate of drug-likeness (QED) is 0.368. The lowest BCUT2D eigenvalue weighted by Gasteiger charge is -2.49. The summed E-state index contributed by atoms with van der Waals surface area (Å²) >= 11 is 0. The topological polar surface area (TPSA) is 91.0 Å². The molecule has 1 aliphatic heterocycles. The molecule has 1 aromatic rings. The van der Waals surface area contributed by atoms with Gasteiger partial charge in [0.25, 0.3) is 0 Å². The van der Waals surface area contributed by atoms with Gasteiger partial charge in [-0.1, -0.05) is 12.1 Å². The molecule has 1 aliphatic rings. The Labute approximate surface area is 184 Å². The normalized spacial score (nSPS) is 16.8. The number of primary amides is 1. The van der Waals surface area contributed by atoms with E-state index in [9.17, 15) is 9.59 Å². The van der Waals surface area contributed by atoms with Gasteiger partial charge in [-0.15, -0.1) is 24.0 Å². The number of hydrogen-bond donors (Lipinski definition) is 2. The van der Waals surface area contributed by atoms with Crippen molar-refractivity contribution in [1.29, 1.82) is 0 Å². The number of guanidine groups is 1. The molecule has 1 aromatic carbocycles. The number of piperazine rings is 1. The van der Waals surface area contributed by atoms with Gasteiger partial charge in [-0.25, -0.2) is 4.99 Å². The third-order valence-electron chi connectivity index (χ3n) is 4.63. The molecule has 2 rings (SSSR count). The van der Waals surface area contributed by atoms with Gasteiger partial charge in [0.05, 0.1) is 18.6 Å². The first-order chi connectivity index (χ1) is 12.7. The van der Waals surface area contributed by atoms with Crippen LogP contribution in [0.4, 0.5) is 0 Å². The summed E-state index contributed by atoms with van der Waals surface area (Å²) in [6.45, 7) is 12.5. The largest absolute Gasteiger partial charge is 0.366 e. The molecule has 156 valence electrons. The number of carbonyl (C=O) groups is 2. The van der Waals surface area contributed by atoms with Crippen molar-refractivity contribution in [1.82, 2.24) is 15.1 Å². The average molecular weight is 501 g/mol. The first-order valence-electron chi connectivity index (χ1n) is 9.40. The zero-order chi connectivity index (χ0) is 20.2. The molecule has 0 saturated carbocycles. The van der Waals surface area contributed by atoms with Crippen molar-refractivity contribution in [2.45, 2.75) is 52.7 Å². The smallest absolute Gasteiger partial charge is 0.248 e. The van der Waals surface area contributed by atoms with Crippen LogP contribution in [0.1, 0.15) is 50.5 Å². The van der Waals surface area contributed by atoms with E-state index in [0.29, 0.717) is 25.2 Å². The minimum Gasteiger partial charge on any atom is -0.366 e. The summed E-state index contributed by atoms with van der Waals surface area (Å²) in [5, 5.41) is 3.29. The number of rotatable bonds is 5. The Hall–Kier alpha value is -1.84. The van der Waals surface area contributed by atoms with Crippen LogP contribution in [0.2, 0.25) is 0 Å². The van der Waals surface area contributed by atoms with Gasteiger partial charge in [0, 0.05) is 24.7 Å². The molecule has 3 N–H and O–H groups in total. The summed E-state index contributed by atoms with van der Waals surface area (Å²) in [5.74, 6) is 0.390. The molecule has 0 aliphatic carbocycles. The Balaban J connectivity index is 0.00000392. The summed E-state index contributed by atoms with van der Waals surface area (Å²) in [4.78, 5) is 32.5. The van der Waals surface area contributed by atoms with Gasteiger partial charge in [-0.3, -0.25) is 9.59 Å². The Kier molecular flexibility index (Phi) is 8.72. The Morgan fingerprint density at radius 2 is 1.89 bits per heavy atom. The van der Waals surface area contributed by atoms with Gasteiger partial charge in [0.2, 0.25) is 11.8 Å². The van der Waals surface area contributed by atoms with Crippen molar-refractivity contribution in [3.8, 4) is 0 Å². The van der Waals surface area contributed by atoms with E-state index in [4.69, 9.17) is 10.7 Å². The maximum Gasteiger partial charge on any atom is 0.248 e. The van der Waals surface area contributed by atoms with Gasteiger partial charge >= 0.3 is 0 Å². The molecule has 1 fully saturated rings. The minimum absolute atomic E-state index is 0. The Morgan fingerprint density at radius 1 is 1.29 bits per heavy atom. The lowest BCUT2D eigenvalue weighted by molar-refractivity contribution is -0.145. The van der Waals surface area contributed by atoms with E-state index in [1.807, 2.05) is 42.7 Å². The lowest BCUT2D eigenvalue weighted by atomic mass is 9.96. The molecule has 8 heteroatoms. The van der Waals surface area contributed by atoms with Gasteiger partial charge in [0.1, 0.15) is 0 Å². The van der Waals surface area contributed by atoms with Crippen LogP contribution in [0.25, 0.3) is 0 Å². The van der Waals surface area contributed by atoms with Crippen LogP contribution in [0.15, 0.2) is 29.3 Å². The summed E-state index contributed by atoms with van der Waals surface area (Å²) < 4.78 is 0. The summed E-state index contributed by atoms with van der Waals surface area (Å²) in [7, 11) is 0. The first kappa shape index (κ1) is 24.2. The molecular formula is C20H32IN5O2. The summed E-state index contributed by atoms with van der Waals surface area (Å²) in [6.07, 6.45) is 0. The number of amides is 2. The van der Waals surface area contributed by atoms with Crippen molar-refractivity contribution in [2.75, 3.05) is 19.6 Å². The van der Waals surface area contributed by atoms with Crippen molar-refractivity contribution in [2.24, 2.45) is 10.7 Å². The van der Waals surface area contributed by atoms with Crippen LogP contribution in [-0.2, 0) is 11.3 Å². The molecule has 0 atom stereocenters. The number of carbonyl (C=O) groups excluding carboxylic acids is 2. The molecular weight excluding hydrogens is 469 g/mol. The van der Waals surface area contributed by atoms with Crippen molar-refractivity contribution >= 4 is 41.8 Å². The summed E-state index contributed by atoms with van der Waals surface area (Å²) in [6, 6.07) is 7.26. The lowest BCUT2D eigenvalue weighted by Crippen LogP contribution is -2.66. The third kappa shape index (κ3) is 5.83. The second-order valence-corrected chi connectivity index (χ2v) is 7.76. The van der Waals surface area contributed by atoms with E-state index in [2.05, 4.69) is 19.2 Å². The summed E-state index contributed by atoms with van der Waals surface area (Å²) in [5.41, 5.74) is 6.45. The fourth-order valence-corrected chi connectivity index (χ4v) is 3.68. The van der Waals surface area contributed by atoms with E-state index >= 15 is 0 Å². The van der Waals surface area contributed by atoms with Crippen LogP contribution >= 0.6 is 24.0 Å². The molecule has 0 bridgehead atoms. The number of benzene rings is 1. The molecule has 1 heterocycles. The van der Waals surface area contributed by atoms with Gasteiger partial charge in [-0.2, -0.15) is 0 Å². The fraction of sp³-hybridized carbons (Fsp3) is 0.550. The number of nitrogens with one attached hydrogen (secondary N) is 1. The number of halogens is 1. The maximum absolute atomic E-state index is 12.7. The zero-order valence-electron chi connectivity index (χ0n) is 17.4. The Bertz CT molecular complexity index is 716. The van der Waals surface area contributed by atoms with Crippen molar-refractivity contribution in [3.63, 3.8) is 0 Å². The Morgan fingerprint density at radius 3 is 2.36 bits per heavy atom. The standard InChI is InChI=1S/C20H31N5O2.HI/c1-6-22-19(23-11-15-7-9-16(10-8-15)18(21)27)24-12-17(26)25(14(2)3)20(4,5)13-24;/h7-10,14H,6,11-13H2,1-5H3,(H2,21,27)(H,22,23);1H. The highest BCUT2D eigenvalue weighted by Gasteiger charge is 2.40. The van der Waals surface area contributed by atoms with Gasteiger partial charge < -0.3 is 20.9 Å². The van der Waals surface area contributed by atoms with E-state index in [0.717, 1.165) is 18.1 Å². The fourth-order valence-electron chi connectivity index (χ4n) is 3.68. The predicted octanol–water partition coefficient (Wildman–Crippen LogP) is 2.20. The predicted molar refractivity (Wildman–Crippen MR) is 123 cm³/mol. The first-order valence-corrected chi connectivity index (χ1v) is 9.40. The number of aliphatic imine (C=N–C) groups is 1. The third-order valence-corrected chi connectivity index (χ3v) is 4.63. The minimum atomic E-state index is -0.442. The average Bonchev–Trinajstić information content (AvgIpc) is 2.57. The van der Waals surface area contributed by atoms with Crippen LogP contribution in [0.5, 0.6) is 0 Å². The highest BCUT2D eigenvalue weighted by atomic mass is 127. The molecule has 2 amide bonds. The van der Waals surface area contributed by atoms with Gasteiger partial charge in [0.15, 0.2) is 5.96 Å². The molecule has 7 nitrogen and oxygen atoms in total. The van der Waals surface area contributed by atoms with Crippen LogP contribution in [0, 0.1) is 0 Å². The number of nitrogens with two attached hydrogens (primary N) is 1. The van der Waals surface area contributed by atoms with E-state index in [-0.39, 0.29) is 41.5 Å². The van der Waals surface area contributed by atoms with Crippen LogP contribution < -0.4 is 11.1 Å². The molecule has 0 unspecified atom stereocenters. The second-order valence-electron chi connectivity index (χ2n) is 7.76. The molecule has 0 radical (unpaired) electrons. The van der Waals surface area contributed by atoms with E-state index < -0.39 is 5.91 Å². The van der Waals surface area contributed by atoms with E-state index in [1.165, 1.54) is 0 Å². The second kappa shape index (κ2) is 10.1. The monoisotopic (exact) mass is 501 g/mol. The molecule has 28 heavy (non-hydrogen) atoms. The highest BCUT2D eigenvalue weighted by molar-refractivity contribution is 14.0. The molecule has 0 spiro atoms. The maximum atomic E-state index is 12.7. The van der Waals surface area contributed by atoms with E-state index in [1.54, 1.807) is 12.1 Å². The SMILES string of the molecule is CCNC(=NCc1ccc(C(N)=O)cc1)N1CC(=O)N(C(C)C)C(C)(C)C1.I. The number of nitrogens with zero attached hydrogens (tertiary/aromatic N) is 3. The van der Waals surface area contributed by atoms with Crippen LogP contribution in [0.3, 0.4) is 0 Å². The molecule has 0 aromatic heterocycles. The zero-order valence-corrected chi connectivity index (χ0v) is 19.7. The van der Waals surface area contributed by atoms with Crippen molar-refractivity contribution < 1.29 is 9.59 Å². The number of hydrogen-bond acceptors (Lipinski definition) is 3. The highest BCUT2D eigenvalue weighted by Crippen LogP contribution is 2.24.